The van der Waals surface area contributed by atoms with Gasteiger partial charge in [0.15, 0.2) is 0 Å². The van der Waals surface area contributed by atoms with Gasteiger partial charge in [0, 0.05) is 0 Å². The van der Waals surface area contributed by atoms with E-state index in [2.05, 4.69) is 0 Å². The molecule has 0 aliphatic rings. The first-order valence-corrected chi connectivity index (χ1v) is 13.7. The quantitative estimate of drug-likeness (QED) is 0.204. The van der Waals surface area contributed by atoms with Crippen LogP contribution in [0.3, 0.4) is 0 Å². The monoisotopic (exact) mass is 922 g/mol. The van der Waals surface area contributed by atoms with Crippen molar-refractivity contribution < 1.29 is 216 Å². The van der Waals surface area contributed by atoms with E-state index in [1.54, 1.807) is 0 Å². The molecule has 0 N–H and O–H groups in total. The van der Waals surface area contributed by atoms with Gasteiger partial charge in [-0.1, -0.05) is 0 Å². The van der Waals surface area contributed by atoms with E-state index in [1.165, 1.54) is 0 Å². The van der Waals surface area contributed by atoms with E-state index in [0.29, 0.717) is 0 Å². The molecular formula is BiCr5CuNaO20Ti. The summed E-state index contributed by atoms with van der Waals surface area (Å²) in [5, 5.41) is 0. The first-order chi connectivity index (χ1) is 10.0. The van der Waals surface area contributed by atoms with Gasteiger partial charge in [0.25, 0.3) is 0 Å². The molecule has 0 aromatic carbocycles. The fraction of sp³-hybridized carbons (Fsp3) is 0. The molecule has 0 amide bonds. The predicted octanol–water partition coefficient (Wildman–Crippen LogP) is -16.5. The molecule has 0 heterocycles. The van der Waals surface area contributed by atoms with Gasteiger partial charge in [-0.15, -0.1) is 0 Å². The Kier molecular flexibility index (Phi) is 52.3. The third kappa shape index (κ3) is 2370. The van der Waals surface area contributed by atoms with Crippen molar-refractivity contribution in [2.24, 2.45) is 0 Å². The Balaban J connectivity index is -0.0000000238. The van der Waals surface area contributed by atoms with Gasteiger partial charge in [0.2, 0.25) is 0 Å². The Labute approximate surface area is 238 Å². The van der Waals surface area contributed by atoms with E-state index >= 15 is 0 Å². The fourth-order valence-electron chi connectivity index (χ4n) is 0. The Morgan fingerprint density at radius 3 is 0.345 bits per heavy atom. The fourth-order valence-corrected chi connectivity index (χ4v) is 0. The molecule has 171 valence electrons. The summed E-state index contributed by atoms with van der Waals surface area (Å²) >= 11 is -28.8. The van der Waals surface area contributed by atoms with Gasteiger partial charge in [-0.05, 0) is 0 Å². The summed E-state index contributed by atoms with van der Waals surface area (Å²) in [5.74, 6) is 0. The van der Waals surface area contributed by atoms with Gasteiger partial charge in [0.1, 0.15) is 0 Å². The molecule has 0 aromatic heterocycles. The second kappa shape index (κ2) is 26.0. The maximum absolute atomic E-state index is 8.59. The second-order valence-corrected chi connectivity index (χ2v) is 8.42. The normalized spacial score (nSPS) is 10.0. The summed E-state index contributed by atoms with van der Waals surface area (Å²) in [7, 11) is 0. The van der Waals surface area contributed by atoms with Crippen LogP contribution in [0, 0.1) is 0 Å². The summed E-state index contributed by atoms with van der Waals surface area (Å²) in [6.07, 6.45) is 0. The molecule has 0 rings (SSSR count). The van der Waals surface area contributed by atoms with E-state index in [0.717, 1.165) is 0 Å². The van der Waals surface area contributed by atoms with Crippen molar-refractivity contribution in [2.75, 3.05) is 0 Å². The first-order valence-electron chi connectivity index (χ1n) is 3.33. The van der Waals surface area contributed by atoms with Crippen molar-refractivity contribution in [3.05, 3.63) is 0 Å². The van der Waals surface area contributed by atoms with Gasteiger partial charge in [-0.3, -0.25) is 0 Å². The molecule has 29 heteroatoms. The molecule has 0 fully saturated rings. The zero-order valence-electron chi connectivity index (χ0n) is 12.5. The van der Waals surface area contributed by atoms with Crippen LogP contribution in [0.2, 0.25) is 0 Å². The summed E-state index contributed by atoms with van der Waals surface area (Å²) in [5.41, 5.74) is 0. The van der Waals surface area contributed by atoms with Crippen LogP contribution in [0.15, 0.2) is 0 Å². The van der Waals surface area contributed by atoms with E-state index in [9.17, 15) is 0 Å². The third-order valence-electron chi connectivity index (χ3n) is 0. The molecule has 0 aliphatic carbocycles. The molecule has 0 bridgehead atoms. The van der Waals surface area contributed by atoms with E-state index in [1.807, 2.05) is 0 Å². The molecule has 0 saturated carbocycles. The van der Waals surface area contributed by atoms with Crippen molar-refractivity contribution in [1.29, 1.82) is 0 Å². The molecule has 0 saturated heterocycles. The van der Waals surface area contributed by atoms with Crippen LogP contribution in [-0.2, 0) is 145 Å². The largest absolute Gasteiger partial charge is 4.00 e. The summed E-state index contributed by atoms with van der Waals surface area (Å²) in [6.45, 7) is 0. The maximum Gasteiger partial charge on any atom is 4.00 e. The standard InChI is InChI=1S/Bi.5Cr.Cu.Na.20O.Ti/q+3;;;;;;+2;+1;;;;;;;;;;;10*-1;+4. The first kappa shape index (κ1) is 58.3. The van der Waals surface area contributed by atoms with Crippen LogP contribution in [0.1, 0.15) is 0 Å². The van der Waals surface area contributed by atoms with Gasteiger partial charge >= 0.3 is 242 Å². The van der Waals surface area contributed by atoms with E-state index in [-0.39, 0.29) is 94.5 Å². The molecule has 20 nitrogen and oxygen atoms in total. The Bertz CT molecular complexity index is 633. The molecule has 0 unspecified atom stereocenters. The number of hydrogen-bond donors (Lipinski definition) is 0. The van der Waals surface area contributed by atoms with Crippen LogP contribution in [0.4, 0.5) is 0 Å². The van der Waals surface area contributed by atoms with Crippen LogP contribution < -0.4 is 71.1 Å². The third-order valence-corrected chi connectivity index (χ3v) is 0. The van der Waals surface area contributed by atoms with Crippen LogP contribution >= 0.6 is 0 Å². The average molecular weight is 923 g/mol. The zero-order valence-corrected chi connectivity index (χ0v) is 26.8. The van der Waals surface area contributed by atoms with Gasteiger partial charge in [-0.25, -0.2) is 0 Å². The minimum Gasteiger partial charge on any atom is 4.00 e. The van der Waals surface area contributed by atoms with Gasteiger partial charge in [0.05, 0.1) is 0 Å². The maximum atomic E-state index is 8.59. The van der Waals surface area contributed by atoms with Crippen molar-refractivity contribution >= 4 is 26.2 Å². The van der Waals surface area contributed by atoms with Crippen molar-refractivity contribution in [3.63, 3.8) is 0 Å². The van der Waals surface area contributed by atoms with Crippen LogP contribution in [0.5, 0.6) is 0 Å². The summed E-state index contributed by atoms with van der Waals surface area (Å²) < 4.78 is 172. The number of hydrogen-bond acceptors (Lipinski definition) is 20. The second-order valence-electron chi connectivity index (χ2n) is 2.04. The molecule has 0 spiro atoms. The Morgan fingerprint density at radius 1 is 0.345 bits per heavy atom. The Hall–Kier alpha value is 3.38. The molecule has 29 heavy (non-hydrogen) atoms. The number of rotatable bonds is 0. The molecule has 0 aromatic rings. The van der Waals surface area contributed by atoms with Crippen LogP contribution in [-0.4, -0.2) is 26.2 Å². The zero-order chi connectivity index (χ0) is 22.5. The van der Waals surface area contributed by atoms with Gasteiger partial charge in [-0.2, -0.15) is 0 Å². The predicted molar refractivity (Wildman–Crippen MR) is 12.6 cm³/mol. The van der Waals surface area contributed by atoms with E-state index < -0.39 is 68.1 Å². The van der Waals surface area contributed by atoms with Crippen LogP contribution in [0.25, 0.3) is 0 Å². The van der Waals surface area contributed by atoms with Crippen molar-refractivity contribution in [1.82, 2.24) is 0 Å². The summed E-state index contributed by atoms with van der Waals surface area (Å²) in [4.78, 5) is 0. The molecule has 0 aliphatic heterocycles. The van der Waals surface area contributed by atoms with E-state index in [4.69, 9.17) is 79.6 Å². The topological polar surface area (TPSA) is 401 Å². The SMILES string of the molecule is [Bi+3].[Cu+2].[Na+].[O]=[Cr](=[O])([O-])[O-].[O]=[Cr](=[O])([O-])[O-].[O]=[Cr](=[O])([O-])[O-].[O]=[Cr](=[O])([O-])[O-].[O]=[Cr](=[O])([O-])[O-].[Ti+4]. The Morgan fingerprint density at radius 2 is 0.345 bits per heavy atom. The molecule has 0 atom stereocenters. The minimum atomic E-state index is -5.75. The smallest absolute Gasteiger partial charge is 4.00 e. The van der Waals surface area contributed by atoms with Crippen molar-refractivity contribution in [3.8, 4) is 0 Å². The minimum absolute atomic E-state index is 0. The van der Waals surface area contributed by atoms with Crippen molar-refractivity contribution in [2.45, 2.75) is 0 Å². The molecule has 3 radical (unpaired) electrons. The molecular weight excluding hydrogens is 923 g/mol. The average Bonchev–Trinajstić information content (AvgIpc) is 1.79. The summed E-state index contributed by atoms with van der Waals surface area (Å²) in [6, 6.07) is 0. The van der Waals surface area contributed by atoms with Gasteiger partial charge < -0.3 is 0 Å².